The maximum absolute atomic E-state index is 12.6. The topological polar surface area (TPSA) is 89.0 Å². The zero-order valence-electron chi connectivity index (χ0n) is 17.3. The summed E-state index contributed by atoms with van der Waals surface area (Å²) in [5.74, 6) is -1.54. The van der Waals surface area contributed by atoms with Crippen molar-refractivity contribution < 1.29 is 37.0 Å². The van der Waals surface area contributed by atoms with Gasteiger partial charge in [0, 0.05) is 19.6 Å². The van der Waals surface area contributed by atoms with Crippen LogP contribution in [0.4, 0.5) is 23.1 Å². The number of hydrogen-bond acceptors (Lipinski definition) is 7. The Morgan fingerprint density at radius 1 is 1.19 bits per heavy atom. The molecule has 1 fully saturated rings. The number of ether oxygens (including phenoxy) is 2. The van der Waals surface area contributed by atoms with Crippen LogP contribution in [-0.4, -0.2) is 66.9 Å². The second-order valence-corrected chi connectivity index (χ2v) is 8.15. The zero-order valence-corrected chi connectivity index (χ0v) is 18.1. The van der Waals surface area contributed by atoms with Crippen LogP contribution in [0.15, 0.2) is 24.3 Å². The van der Waals surface area contributed by atoms with Crippen LogP contribution in [0.25, 0.3) is 10.2 Å². The number of carbonyl (C=O) groups excluding carboxylic acids is 3. The second-order valence-electron chi connectivity index (χ2n) is 7.14. The molecule has 1 aliphatic heterocycles. The molecule has 0 bridgehead atoms. The van der Waals surface area contributed by atoms with E-state index in [9.17, 15) is 27.6 Å². The lowest BCUT2D eigenvalue weighted by Crippen LogP contribution is -2.42. The summed E-state index contributed by atoms with van der Waals surface area (Å²) in [6, 6.07) is 7.48. The summed E-state index contributed by atoms with van der Waals surface area (Å²) in [6.45, 7) is 0.178. The summed E-state index contributed by atoms with van der Waals surface area (Å²) in [7, 11) is 0. The van der Waals surface area contributed by atoms with E-state index in [0.717, 1.165) is 15.1 Å². The lowest BCUT2D eigenvalue weighted by atomic mass is 9.97. The van der Waals surface area contributed by atoms with Gasteiger partial charge in [0.2, 0.25) is 0 Å². The van der Waals surface area contributed by atoms with Gasteiger partial charge < -0.3 is 14.4 Å². The first kappa shape index (κ1) is 23.8. The molecule has 0 spiro atoms. The van der Waals surface area contributed by atoms with Crippen LogP contribution in [0.2, 0.25) is 0 Å². The fourth-order valence-corrected chi connectivity index (χ4v) is 4.30. The van der Waals surface area contributed by atoms with E-state index in [1.807, 2.05) is 24.3 Å². The first-order valence-electron chi connectivity index (χ1n) is 9.99. The van der Waals surface area contributed by atoms with E-state index < -0.39 is 43.3 Å². The number of para-hydroxylation sites is 1. The third-order valence-corrected chi connectivity index (χ3v) is 5.97. The molecule has 1 saturated heterocycles. The quantitative estimate of drug-likeness (QED) is 0.596. The van der Waals surface area contributed by atoms with Gasteiger partial charge in [-0.15, -0.1) is 0 Å². The molecule has 174 valence electrons. The van der Waals surface area contributed by atoms with Gasteiger partial charge in [-0.05, 0) is 31.9 Å². The number of carbonyl (C=O) groups is 3. The van der Waals surface area contributed by atoms with Gasteiger partial charge in [-0.25, -0.2) is 9.78 Å². The van der Waals surface area contributed by atoms with Crippen molar-refractivity contribution in [2.45, 2.75) is 25.9 Å². The SMILES string of the molecule is CCN(C(=O)COC(=O)C1CCN(C(=O)OCC(F)(F)F)CC1)c1nc2ccccc2s1. The van der Waals surface area contributed by atoms with Crippen molar-refractivity contribution >= 4 is 44.7 Å². The van der Waals surface area contributed by atoms with Crippen molar-refractivity contribution in [1.29, 1.82) is 0 Å². The first-order valence-corrected chi connectivity index (χ1v) is 10.8. The number of fused-ring (bicyclic) bond motifs is 1. The number of hydrogen-bond donors (Lipinski definition) is 0. The van der Waals surface area contributed by atoms with E-state index in [-0.39, 0.29) is 25.9 Å². The molecule has 8 nitrogen and oxygen atoms in total. The molecule has 0 unspecified atom stereocenters. The van der Waals surface area contributed by atoms with Gasteiger partial charge in [0.1, 0.15) is 0 Å². The highest BCUT2D eigenvalue weighted by atomic mass is 32.1. The number of aromatic nitrogens is 1. The summed E-state index contributed by atoms with van der Waals surface area (Å²) in [5, 5.41) is 0.514. The van der Waals surface area contributed by atoms with Gasteiger partial charge in [-0.2, -0.15) is 13.2 Å². The summed E-state index contributed by atoms with van der Waals surface area (Å²) >= 11 is 1.36. The van der Waals surface area contributed by atoms with Gasteiger partial charge in [0.05, 0.1) is 16.1 Å². The highest BCUT2D eigenvalue weighted by molar-refractivity contribution is 7.22. The smallest absolute Gasteiger partial charge is 0.422 e. The molecular weight excluding hydrogens is 451 g/mol. The molecule has 2 amide bonds. The average Bonchev–Trinajstić information content (AvgIpc) is 3.19. The van der Waals surface area contributed by atoms with Crippen molar-refractivity contribution in [3.63, 3.8) is 0 Å². The molecule has 0 radical (unpaired) electrons. The number of esters is 1. The van der Waals surface area contributed by atoms with Crippen LogP contribution < -0.4 is 4.90 Å². The Morgan fingerprint density at radius 2 is 1.88 bits per heavy atom. The predicted octanol–water partition coefficient (Wildman–Crippen LogP) is 3.60. The van der Waals surface area contributed by atoms with Crippen LogP contribution >= 0.6 is 11.3 Å². The molecule has 0 atom stereocenters. The van der Waals surface area contributed by atoms with E-state index in [4.69, 9.17) is 4.74 Å². The first-order chi connectivity index (χ1) is 15.2. The average molecular weight is 473 g/mol. The highest BCUT2D eigenvalue weighted by Gasteiger charge is 2.33. The Morgan fingerprint density at radius 3 is 2.50 bits per heavy atom. The predicted molar refractivity (Wildman–Crippen MR) is 110 cm³/mol. The van der Waals surface area contributed by atoms with Crippen molar-refractivity contribution in [3.05, 3.63) is 24.3 Å². The van der Waals surface area contributed by atoms with Crippen LogP contribution in [0.3, 0.4) is 0 Å². The van der Waals surface area contributed by atoms with Crippen molar-refractivity contribution in [3.8, 4) is 0 Å². The molecule has 0 saturated carbocycles. The lowest BCUT2D eigenvalue weighted by molar-refractivity contribution is -0.163. The number of thiazole rings is 1. The molecule has 1 aromatic heterocycles. The van der Waals surface area contributed by atoms with Gasteiger partial charge in [-0.1, -0.05) is 23.5 Å². The van der Waals surface area contributed by atoms with Crippen molar-refractivity contribution in [2.24, 2.45) is 5.92 Å². The number of likely N-dealkylation sites (tertiary alicyclic amines) is 1. The summed E-state index contributed by atoms with van der Waals surface area (Å²) in [4.78, 5) is 43.6. The summed E-state index contributed by atoms with van der Waals surface area (Å²) in [6.07, 6.45) is -5.24. The molecule has 2 aromatic rings. The standard InChI is InChI=1S/C20H22F3N3O5S/c1-2-26(18-24-14-5-3-4-6-15(14)32-18)16(27)11-30-17(28)13-7-9-25(10-8-13)19(29)31-12-20(21,22)23/h3-6,13H,2,7-12H2,1H3. The van der Waals surface area contributed by atoms with Gasteiger partial charge in [-0.3, -0.25) is 14.5 Å². The van der Waals surface area contributed by atoms with E-state index >= 15 is 0 Å². The van der Waals surface area contributed by atoms with Crippen LogP contribution in [0, 0.1) is 5.92 Å². The van der Waals surface area contributed by atoms with Crippen molar-refractivity contribution in [1.82, 2.24) is 9.88 Å². The van der Waals surface area contributed by atoms with Gasteiger partial charge in [0.15, 0.2) is 18.3 Å². The van der Waals surface area contributed by atoms with Crippen molar-refractivity contribution in [2.75, 3.05) is 37.7 Å². The lowest BCUT2D eigenvalue weighted by Gasteiger charge is -2.30. The van der Waals surface area contributed by atoms with Crippen LogP contribution in [-0.2, 0) is 19.1 Å². The molecule has 1 aliphatic rings. The number of halogens is 3. The molecule has 0 N–H and O–H groups in total. The maximum Gasteiger partial charge on any atom is 0.422 e. The number of amides is 2. The molecule has 2 heterocycles. The zero-order chi connectivity index (χ0) is 23.3. The third-order valence-electron chi connectivity index (χ3n) is 4.91. The number of alkyl halides is 3. The van der Waals surface area contributed by atoms with E-state index in [0.29, 0.717) is 11.7 Å². The molecule has 0 aliphatic carbocycles. The van der Waals surface area contributed by atoms with E-state index in [1.54, 1.807) is 6.92 Å². The maximum atomic E-state index is 12.6. The Hall–Kier alpha value is -2.89. The largest absolute Gasteiger partial charge is 0.455 e. The summed E-state index contributed by atoms with van der Waals surface area (Å²) < 4.78 is 46.8. The Bertz CT molecular complexity index is 940. The van der Waals surface area contributed by atoms with Crippen LogP contribution in [0.5, 0.6) is 0 Å². The number of anilines is 1. The fourth-order valence-electron chi connectivity index (χ4n) is 3.26. The number of benzene rings is 1. The molecule has 1 aromatic carbocycles. The second kappa shape index (κ2) is 10.2. The minimum Gasteiger partial charge on any atom is -0.455 e. The number of nitrogens with zero attached hydrogens (tertiary/aromatic N) is 3. The van der Waals surface area contributed by atoms with Gasteiger partial charge >= 0.3 is 18.2 Å². The fraction of sp³-hybridized carbons (Fsp3) is 0.500. The van der Waals surface area contributed by atoms with Gasteiger partial charge in [0.25, 0.3) is 5.91 Å². The third kappa shape index (κ3) is 6.09. The number of likely N-dealkylation sites (N-methyl/N-ethyl adjacent to an activating group) is 1. The normalized spacial score (nSPS) is 14.9. The molecular formula is C20H22F3N3O5S. The number of rotatable bonds is 6. The number of piperidine rings is 1. The molecule has 12 heteroatoms. The Kier molecular flexibility index (Phi) is 7.54. The molecule has 3 rings (SSSR count). The molecule has 32 heavy (non-hydrogen) atoms. The monoisotopic (exact) mass is 473 g/mol. The van der Waals surface area contributed by atoms with Crippen LogP contribution in [0.1, 0.15) is 19.8 Å². The highest BCUT2D eigenvalue weighted by Crippen LogP contribution is 2.28. The Balaban J connectivity index is 1.47. The minimum atomic E-state index is -4.60. The summed E-state index contributed by atoms with van der Waals surface area (Å²) in [5.41, 5.74) is 0.774. The minimum absolute atomic E-state index is 0.0667. The van der Waals surface area contributed by atoms with E-state index in [1.165, 1.54) is 16.2 Å². The Labute approximate surface area is 185 Å². The van der Waals surface area contributed by atoms with E-state index in [2.05, 4.69) is 9.72 Å².